The highest BCUT2D eigenvalue weighted by atomic mass is 16.6. The Morgan fingerprint density at radius 2 is 1.62 bits per heavy atom. The minimum atomic E-state index is -0.514. The Labute approximate surface area is 205 Å². The van der Waals surface area contributed by atoms with Crippen LogP contribution in [0.4, 0.5) is 0 Å². The molecule has 0 fully saturated rings. The molecule has 0 aliphatic heterocycles. The number of carbonyl (C=O) groups excluding carboxylic acids is 2. The molecular formula is C29H41NO4. The van der Waals surface area contributed by atoms with Crippen LogP contribution in [0.25, 0.3) is 0 Å². The molecule has 0 amide bonds. The highest BCUT2D eigenvalue weighted by Gasteiger charge is 2.20. The molecule has 0 aromatic carbocycles. The topological polar surface area (TPSA) is 78.6 Å². The van der Waals surface area contributed by atoms with Crippen LogP contribution in [0.15, 0.2) is 70.9 Å². The van der Waals surface area contributed by atoms with Crippen LogP contribution < -0.4 is 5.73 Å². The number of hydrogen-bond donors (Lipinski definition) is 1. The van der Waals surface area contributed by atoms with Crippen LogP contribution in [-0.2, 0) is 19.1 Å². The first kappa shape index (κ1) is 27.6. The van der Waals surface area contributed by atoms with Gasteiger partial charge in [-0.2, -0.15) is 0 Å². The predicted octanol–water partition coefficient (Wildman–Crippen LogP) is 6.19. The summed E-state index contributed by atoms with van der Waals surface area (Å²) in [5.41, 5.74) is 11.6. The summed E-state index contributed by atoms with van der Waals surface area (Å²) in [6.07, 6.45) is 18.9. The average Bonchev–Trinajstić information content (AvgIpc) is 2.84. The van der Waals surface area contributed by atoms with E-state index in [4.69, 9.17) is 15.2 Å². The first-order valence-electron chi connectivity index (χ1n) is 12.5. The van der Waals surface area contributed by atoms with Gasteiger partial charge in [-0.25, -0.2) is 9.59 Å². The van der Waals surface area contributed by atoms with E-state index < -0.39 is 11.9 Å². The second-order valence-corrected chi connectivity index (χ2v) is 9.23. The quantitative estimate of drug-likeness (QED) is 0.187. The first-order valence-corrected chi connectivity index (χ1v) is 12.5. The summed E-state index contributed by atoms with van der Waals surface area (Å²) in [6, 6.07) is 0. The molecular weight excluding hydrogens is 426 g/mol. The van der Waals surface area contributed by atoms with Crippen molar-refractivity contribution in [3.05, 3.63) is 70.9 Å². The number of allylic oxidation sites excluding steroid dienone is 7. The van der Waals surface area contributed by atoms with Crippen LogP contribution in [0.3, 0.4) is 0 Å². The Bertz CT molecular complexity index is 888. The summed E-state index contributed by atoms with van der Waals surface area (Å²) in [5, 5.41) is 0. The van der Waals surface area contributed by atoms with E-state index in [1.54, 1.807) is 12.5 Å². The van der Waals surface area contributed by atoms with E-state index >= 15 is 0 Å². The van der Waals surface area contributed by atoms with Gasteiger partial charge in [-0.1, -0.05) is 68.4 Å². The Kier molecular flexibility index (Phi) is 11.8. The molecule has 2 N–H and O–H groups in total. The smallest absolute Gasteiger partial charge is 0.334 e. The third-order valence-electron chi connectivity index (χ3n) is 6.31. The van der Waals surface area contributed by atoms with Crippen molar-refractivity contribution >= 4 is 11.9 Å². The SMILES string of the molecule is C=C(C)C(=O)OC(CCOC(=O)C(=C)CN)CC1=CC=C(C2=CC=C(CCCCC)CC2)CC1. The van der Waals surface area contributed by atoms with Crippen molar-refractivity contribution in [1.29, 1.82) is 0 Å². The standard InChI is InChI=1S/C29H41NO4/c1-5-6-7-8-23-9-13-25(14-10-23)26-15-11-24(12-16-26)19-27(34-28(31)21(2)3)17-18-33-29(32)22(4)20-30/h9,11,13,15,27H,2,4-8,10,12,14,16-20,30H2,1,3H3. The number of nitrogens with two attached hydrogens (primary N) is 1. The number of rotatable bonds is 14. The summed E-state index contributed by atoms with van der Waals surface area (Å²) in [7, 11) is 0. The van der Waals surface area contributed by atoms with Crippen LogP contribution >= 0.6 is 0 Å². The molecule has 5 nitrogen and oxygen atoms in total. The van der Waals surface area contributed by atoms with E-state index in [9.17, 15) is 9.59 Å². The van der Waals surface area contributed by atoms with Crippen LogP contribution in [0.2, 0.25) is 0 Å². The summed E-state index contributed by atoms with van der Waals surface area (Å²) in [4.78, 5) is 23.9. The first-order chi connectivity index (χ1) is 16.3. The lowest BCUT2D eigenvalue weighted by Gasteiger charge is -2.23. The monoisotopic (exact) mass is 467 g/mol. The lowest BCUT2D eigenvalue weighted by atomic mass is 9.85. The van der Waals surface area contributed by atoms with E-state index in [-0.39, 0.29) is 24.8 Å². The van der Waals surface area contributed by atoms with E-state index in [1.807, 2.05) is 0 Å². The number of esters is 2. The molecule has 0 saturated heterocycles. The van der Waals surface area contributed by atoms with Gasteiger partial charge in [0, 0.05) is 30.5 Å². The van der Waals surface area contributed by atoms with Crippen molar-refractivity contribution in [3.8, 4) is 0 Å². The van der Waals surface area contributed by atoms with E-state index in [0.29, 0.717) is 18.4 Å². The Morgan fingerprint density at radius 1 is 0.971 bits per heavy atom. The van der Waals surface area contributed by atoms with Gasteiger partial charge < -0.3 is 15.2 Å². The zero-order valence-electron chi connectivity index (χ0n) is 21.0. The van der Waals surface area contributed by atoms with Crippen molar-refractivity contribution in [2.45, 2.75) is 84.2 Å². The maximum atomic E-state index is 12.1. The molecule has 2 aliphatic carbocycles. The minimum absolute atomic E-state index is 0.0564. The molecule has 0 spiro atoms. The zero-order valence-corrected chi connectivity index (χ0v) is 21.0. The predicted molar refractivity (Wildman–Crippen MR) is 138 cm³/mol. The molecule has 1 atom stereocenters. The molecule has 0 aromatic heterocycles. The fourth-order valence-corrected chi connectivity index (χ4v) is 4.09. The van der Waals surface area contributed by atoms with Gasteiger partial charge in [-0.3, -0.25) is 0 Å². The molecule has 0 aromatic rings. The number of hydrogen-bond acceptors (Lipinski definition) is 5. The third kappa shape index (κ3) is 9.30. The molecule has 0 radical (unpaired) electrons. The third-order valence-corrected chi connectivity index (χ3v) is 6.31. The fraction of sp³-hybridized carbons (Fsp3) is 0.517. The average molecular weight is 468 g/mol. The second-order valence-electron chi connectivity index (χ2n) is 9.23. The summed E-state index contributed by atoms with van der Waals surface area (Å²) >= 11 is 0. The fourth-order valence-electron chi connectivity index (χ4n) is 4.09. The lowest BCUT2D eigenvalue weighted by Crippen LogP contribution is -2.23. The van der Waals surface area contributed by atoms with Gasteiger partial charge in [0.05, 0.1) is 6.61 Å². The minimum Gasteiger partial charge on any atom is -0.462 e. The summed E-state index contributed by atoms with van der Waals surface area (Å²) in [5.74, 6) is -0.940. The molecule has 2 rings (SSSR count). The van der Waals surface area contributed by atoms with Gasteiger partial charge in [0.25, 0.3) is 0 Å². The van der Waals surface area contributed by atoms with Gasteiger partial charge in [-0.15, -0.1) is 0 Å². The maximum Gasteiger partial charge on any atom is 0.334 e. The van der Waals surface area contributed by atoms with Crippen molar-refractivity contribution < 1.29 is 19.1 Å². The Hall–Kier alpha value is -2.66. The number of carbonyl (C=O) groups is 2. The van der Waals surface area contributed by atoms with Crippen molar-refractivity contribution in [3.63, 3.8) is 0 Å². The van der Waals surface area contributed by atoms with Gasteiger partial charge in [0.1, 0.15) is 6.10 Å². The highest BCUT2D eigenvalue weighted by Crippen LogP contribution is 2.33. The van der Waals surface area contributed by atoms with Crippen LogP contribution in [0, 0.1) is 0 Å². The zero-order chi connectivity index (χ0) is 24.9. The molecule has 186 valence electrons. The summed E-state index contributed by atoms with van der Waals surface area (Å²) in [6.45, 7) is 11.3. The van der Waals surface area contributed by atoms with Crippen molar-refractivity contribution in [1.82, 2.24) is 0 Å². The molecule has 1 unspecified atom stereocenters. The van der Waals surface area contributed by atoms with Gasteiger partial charge in [0.15, 0.2) is 0 Å². The van der Waals surface area contributed by atoms with Crippen LogP contribution in [0.1, 0.15) is 78.1 Å². The second kappa shape index (κ2) is 14.6. The molecule has 0 bridgehead atoms. The largest absolute Gasteiger partial charge is 0.462 e. The maximum absolute atomic E-state index is 12.1. The Morgan fingerprint density at radius 3 is 2.15 bits per heavy atom. The normalized spacial score (nSPS) is 16.4. The van der Waals surface area contributed by atoms with Crippen LogP contribution in [0.5, 0.6) is 0 Å². The van der Waals surface area contributed by atoms with E-state index in [2.05, 4.69) is 44.4 Å². The lowest BCUT2D eigenvalue weighted by molar-refractivity contribution is -0.146. The number of unbranched alkanes of at least 4 members (excludes halogenated alkanes) is 2. The van der Waals surface area contributed by atoms with Gasteiger partial charge >= 0.3 is 11.9 Å². The van der Waals surface area contributed by atoms with Gasteiger partial charge in [-0.05, 0) is 56.6 Å². The van der Waals surface area contributed by atoms with E-state index in [0.717, 1.165) is 25.7 Å². The van der Waals surface area contributed by atoms with Crippen molar-refractivity contribution in [2.24, 2.45) is 5.73 Å². The highest BCUT2D eigenvalue weighted by molar-refractivity contribution is 5.88. The molecule has 2 aliphatic rings. The molecule has 0 saturated carbocycles. The molecule has 5 heteroatoms. The van der Waals surface area contributed by atoms with Gasteiger partial charge in [0.2, 0.25) is 0 Å². The molecule has 34 heavy (non-hydrogen) atoms. The van der Waals surface area contributed by atoms with E-state index in [1.165, 1.54) is 42.4 Å². The Balaban J connectivity index is 1.96. The van der Waals surface area contributed by atoms with Crippen molar-refractivity contribution in [2.75, 3.05) is 13.2 Å². The molecule has 0 heterocycles. The number of ether oxygens (including phenoxy) is 2. The summed E-state index contributed by atoms with van der Waals surface area (Å²) < 4.78 is 10.8. The van der Waals surface area contributed by atoms with Crippen LogP contribution in [-0.4, -0.2) is 31.2 Å².